The van der Waals surface area contributed by atoms with Crippen molar-refractivity contribution in [2.75, 3.05) is 32.8 Å². The first-order valence-corrected chi connectivity index (χ1v) is 11.2. The summed E-state index contributed by atoms with van der Waals surface area (Å²) >= 11 is 1.68. The Balaban J connectivity index is 1.63. The maximum Gasteiger partial charge on any atom is 0.310 e. The molecule has 1 aromatic carbocycles. The number of thiophene rings is 1. The van der Waals surface area contributed by atoms with Crippen molar-refractivity contribution in [1.82, 2.24) is 4.90 Å². The third-order valence-corrected chi connectivity index (χ3v) is 6.28. The molecule has 1 aromatic heterocycles. The van der Waals surface area contributed by atoms with Crippen molar-refractivity contribution >= 4 is 23.0 Å². The van der Waals surface area contributed by atoms with Crippen molar-refractivity contribution in [3.05, 3.63) is 57.3 Å². The van der Waals surface area contributed by atoms with E-state index < -0.39 is 0 Å². The second-order valence-corrected chi connectivity index (χ2v) is 8.33. The summed E-state index contributed by atoms with van der Waals surface area (Å²) in [7, 11) is 0. The summed E-state index contributed by atoms with van der Waals surface area (Å²) in [6.07, 6.45) is 1.92. The van der Waals surface area contributed by atoms with Crippen LogP contribution in [0.25, 0.3) is 0 Å². The zero-order chi connectivity index (χ0) is 20.6. The molecule has 2 heterocycles. The number of hydrogen-bond donors (Lipinski definition) is 0. The number of esters is 1. The molecule has 0 spiro atoms. The van der Waals surface area contributed by atoms with E-state index in [1.165, 1.54) is 11.1 Å². The lowest BCUT2D eigenvalue weighted by Gasteiger charge is -2.30. The van der Waals surface area contributed by atoms with E-state index in [1.807, 2.05) is 19.1 Å². The summed E-state index contributed by atoms with van der Waals surface area (Å²) in [6.45, 7) is 9.46. The lowest BCUT2D eigenvalue weighted by molar-refractivity contribution is -0.150. The Hall–Kier alpha value is -2.18. The van der Waals surface area contributed by atoms with Crippen LogP contribution < -0.4 is 0 Å². The topological polar surface area (TPSA) is 51.1 Å². The third-order valence-electron chi connectivity index (χ3n) is 5.26. The molecule has 1 fully saturated rings. The highest BCUT2D eigenvalue weighted by Crippen LogP contribution is 2.23. The molecule has 6 heteroatoms. The first-order chi connectivity index (χ1) is 14.1. The molecule has 5 nitrogen and oxygen atoms in total. The van der Waals surface area contributed by atoms with Gasteiger partial charge >= 0.3 is 5.97 Å². The van der Waals surface area contributed by atoms with Gasteiger partial charge in [-0.25, -0.2) is 0 Å². The summed E-state index contributed by atoms with van der Waals surface area (Å²) in [5.41, 5.74) is 4.36. The van der Waals surface area contributed by atoms with Crippen molar-refractivity contribution in [1.29, 1.82) is 0 Å². The lowest BCUT2D eigenvalue weighted by atomic mass is 9.98. The first kappa shape index (κ1) is 21.5. The van der Waals surface area contributed by atoms with E-state index in [9.17, 15) is 4.79 Å². The van der Waals surface area contributed by atoms with Crippen LogP contribution in [0.3, 0.4) is 0 Å². The van der Waals surface area contributed by atoms with E-state index in [0.717, 1.165) is 48.6 Å². The van der Waals surface area contributed by atoms with Crippen LogP contribution in [0.15, 0.2) is 40.9 Å². The van der Waals surface area contributed by atoms with Gasteiger partial charge in [0.05, 0.1) is 17.4 Å². The highest BCUT2D eigenvalue weighted by atomic mass is 32.1. The number of aryl methyl sites for hydroxylation is 2. The maximum absolute atomic E-state index is 12.0. The Morgan fingerprint density at radius 3 is 2.79 bits per heavy atom. The highest BCUT2D eigenvalue weighted by molar-refractivity contribution is 7.12. The molecular weight excluding hydrogens is 384 g/mol. The van der Waals surface area contributed by atoms with Gasteiger partial charge in [0.15, 0.2) is 0 Å². The Morgan fingerprint density at radius 2 is 2.07 bits per heavy atom. The average molecular weight is 415 g/mol. The fourth-order valence-corrected chi connectivity index (χ4v) is 4.58. The zero-order valence-corrected chi connectivity index (χ0v) is 18.3. The summed E-state index contributed by atoms with van der Waals surface area (Å²) < 4.78 is 5.18. The minimum Gasteiger partial charge on any atom is -0.466 e. The van der Waals surface area contributed by atoms with Gasteiger partial charge in [0.2, 0.25) is 0 Å². The molecule has 29 heavy (non-hydrogen) atoms. The number of nitrogens with zero attached hydrogens (tertiary/aromatic N) is 2. The number of piperidine rings is 1. The number of likely N-dealkylation sites (tertiary alicyclic amines) is 1. The van der Waals surface area contributed by atoms with Crippen LogP contribution in [0.1, 0.15) is 41.3 Å². The Bertz CT molecular complexity index is 846. The second kappa shape index (κ2) is 10.6. The molecule has 0 saturated carbocycles. The SMILES string of the molecule is CCOC(=O)[C@@H]1CCCN(CCO/N=C(/c2ccccc2C)c2sccc2C)C1. The number of ether oxygens (including phenoxy) is 1. The van der Waals surface area contributed by atoms with Gasteiger partial charge in [-0.3, -0.25) is 9.69 Å². The molecule has 0 amide bonds. The molecule has 0 N–H and O–H groups in total. The number of carbonyl (C=O) groups is 1. The summed E-state index contributed by atoms with van der Waals surface area (Å²) in [5, 5.41) is 6.62. The van der Waals surface area contributed by atoms with E-state index in [-0.39, 0.29) is 11.9 Å². The van der Waals surface area contributed by atoms with Crippen molar-refractivity contribution < 1.29 is 14.4 Å². The predicted molar refractivity (Wildman–Crippen MR) is 118 cm³/mol. The summed E-state index contributed by atoms with van der Waals surface area (Å²) in [4.78, 5) is 21.2. The standard InChI is InChI=1S/C23H30N2O3S/c1-4-27-23(26)19-9-7-12-25(16-19)13-14-28-24-21(22-18(3)11-15-29-22)20-10-6-5-8-17(20)2/h5-6,8,10-11,15,19H,4,7,9,12-14,16H2,1-3H3/b24-21-/t19-/m1/s1. The number of carbonyl (C=O) groups excluding carboxylic acids is 1. The van der Waals surface area contributed by atoms with Gasteiger partial charge in [-0.2, -0.15) is 0 Å². The van der Waals surface area contributed by atoms with E-state index in [2.05, 4.69) is 47.5 Å². The largest absolute Gasteiger partial charge is 0.466 e. The van der Waals surface area contributed by atoms with Crippen LogP contribution in [0.4, 0.5) is 0 Å². The molecule has 0 radical (unpaired) electrons. The monoisotopic (exact) mass is 414 g/mol. The van der Waals surface area contributed by atoms with E-state index >= 15 is 0 Å². The van der Waals surface area contributed by atoms with Crippen molar-refractivity contribution in [2.45, 2.75) is 33.6 Å². The van der Waals surface area contributed by atoms with Gasteiger partial charge in [0.25, 0.3) is 0 Å². The molecule has 1 aliphatic rings. The van der Waals surface area contributed by atoms with Crippen molar-refractivity contribution in [3.8, 4) is 0 Å². The van der Waals surface area contributed by atoms with E-state index in [1.54, 1.807) is 11.3 Å². The average Bonchev–Trinajstić information content (AvgIpc) is 3.15. The van der Waals surface area contributed by atoms with E-state index in [0.29, 0.717) is 13.2 Å². The van der Waals surface area contributed by atoms with Crippen LogP contribution in [0.5, 0.6) is 0 Å². The maximum atomic E-state index is 12.0. The number of hydrogen-bond acceptors (Lipinski definition) is 6. The van der Waals surface area contributed by atoms with Gasteiger partial charge < -0.3 is 9.57 Å². The molecule has 0 bridgehead atoms. The lowest BCUT2D eigenvalue weighted by Crippen LogP contribution is -2.40. The van der Waals surface area contributed by atoms with Gasteiger partial charge in [0, 0.05) is 18.7 Å². The minimum atomic E-state index is -0.0776. The molecule has 156 valence electrons. The molecule has 1 aliphatic heterocycles. The molecule has 3 rings (SSSR count). The molecule has 0 aliphatic carbocycles. The molecule has 1 saturated heterocycles. The van der Waals surface area contributed by atoms with Crippen molar-refractivity contribution in [2.24, 2.45) is 11.1 Å². The molecule has 1 atom stereocenters. The third kappa shape index (κ3) is 5.67. The smallest absolute Gasteiger partial charge is 0.310 e. The minimum absolute atomic E-state index is 0.0245. The van der Waals surface area contributed by atoms with Gasteiger partial charge in [0.1, 0.15) is 12.3 Å². The highest BCUT2D eigenvalue weighted by Gasteiger charge is 2.26. The fraction of sp³-hybridized carbons (Fsp3) is 0.478. The zero-order valence-electron chi connectivity index (χ0n) is 17.5. The number of benzene rings is 1. The van der Waals surface area contributed by atoms with Gasteiger partial charge in [-0.15, -0.1) is 11.3 Å². The number of rotatable bonds is 8. The number of oxime groups is 1. The molecular formula is C23H30N2O3S. The van der Waals surface area contributed by atoms with E-state index in [4.69, 9.17) is 9.57 Å². The van der Waals surface area contributed by atoms with Crippen LogP contribution in [-0.4, -0.2) is 49.4 Å². The summed E-state index contributed by atoms with van der Waals surface area (Å²) in [6, 6.07) is 10.4. The molecule has 2 aromatic rings. The van der Waals surface area contributed by atoms with Crippen molar-refractivity contribution in [3.63, 3.8) is 0 Å². The van der Waals surface area contributed by atoms with Crippen LogP contribution in [-0.2, 0) is 14.4 Å². The van der Waals surface area contributed by atoms with Crippen LogP contribution in [0, 0.1) is 19.8 Å². The van der Waals surface area contributed by atoms with Gasteiger partial charge in [-0.1, -0.05) is 29.4 Å². The first-order valence-electron chi connectivity index (χ1n) is 10.3. The summed E-state index contributed by atoms with van der Waals surface area (Å²) in [5.74, 6) is -0.102. The Labute approximate surface area is 177 Å². The molecule has 0 unspecified atom stereocenters. The normalized spacial score (nSPS) is 17.9. The fourth-order valence-electron chi connectivity index (χ4n) is 3.66. The Morgan fingerprint density at radius 1 is 1.24 bits per heavy atom. The quantitative estimate of drug-likeness (QED) is 0.278. The van der Waals surface area contributed by atoms with Crippen LogP contribution in [0.2, 0.25) is 0 Å². The Kier molecular flexibility index (Phi) is 7.83. The van der Waals surface area contributed by atoms with Crippen LogP contribution >= 0.6 is 11.3 Å². The predicted octanol–water partition coefficient (Wildman–Crippen LogP) is 4.41. The van der Waals surface area contributed by atoms with Gasteiger partial charge in [-0.05, 0) is 62.7 Å². The second-order valence-electron chi connectivity index (χ2n) is 7.41.